The van der Waals surface area contributed by atoms with Crippen LogP contribution in [0.15, 0.2) is 58.1 Å². The summed E-state index contributed by atoms with van der Waals surface area (Å²) in [5.41, 5.74) is 3.50. The molecule has 4 aromatic heterocycles. The lowest BCUT2D eigenvalue weighted by atomic mass is 10.1. The second-order valence-electron chi connectivity index (χ2n) is 6.93. The molecular formula is C21H17ClN4O2S. The number of halogens is 1. The topological polar surface area (TPSA) is 75.0 Å². The van der Waals surface area contributed by atoms with Crippen molar-refractivity contribution in [3.63, 3.8) is 0 Å². The fraction of sp³-hybridized carbons (Fsp3) is 0.190. The molecule has 6 nitrogen and oxygen atoms in total. The molecule has 5 rings (SSSR count). The van der Waals surface area contributed by atoms with Gasteiger partial charge in [-0.2, -0.15) is 0 Å². The SMILES string of the molecule is O=c1[nH]c(-c2ccco2)nc2c1CN(Cc1ccc(-c3ccc(Cl)s3)nc1)CC2. The fourth-order valence-electron chi connectivity index (χ4n) is 3.52. The predicted molar refractivity (Wildman–Crippen MR) is 113 cm³/mol. The van der Waals surface area contributed by atoms with Gasteiger partial charge in [-0.15, -0.1) is 11.3 Å². The van der Waals surface area contributed by atoms with Crippen molar-refractivity contribution < 1.29 is 4.42 Å². The monoisotopic (exact) mass is 424 g/mol. The fourth-order valence-corrected chi connectivity index (χ4v) is 4.54. The van der Waals surface area contributed by atoms with Crippen molar-refractivity contribution in [3.8, 4) is 22.2 Å². The lowest BCUT2D eigenvalue weighted by Gasteiger charge is -2.27. The van der Waals surface area contributed by atoms with Crippen LogP contribution in [-0.4, -0.2) is 26.4 Å². The van der Waals surface area contributed by atoms with Crippen molar-refractivity contribution in [1.29, 1.82) is 0 Å². The van der Waals surface area contributed by atoms with E-state index in [9.17, 15) is 4.79 Å². The Labute approximate surface area is 175 Å². The Balaban J connectivity index is 1.32. The average molecular weight is 425 g/mol. The first-order chi connectivity index (χ1) is 14.2. The molecule has 0 saturated carbocycles. The molecule has 0 spiro atoms. The molecule has 29 heavy (non-hydrogen) atoms. The minimum Gasteiger partial charge on any atom is -0.461 e. The number of aromatic amines is 1. The van der Waals surface area contributed by atoms with Gasteiger partial charge in [0.25, 0.3) is 5.56 Å². The summed E-state index contributed by atoms with van der Waals surface area (Å²) in [6, 6.07) is 11.5. The van der Waals surface area contributed by atoms with Crippen LogP contribution in [0.1, 0.15) is 16.8 Å². The molecule has 0 aromatic carbocycles. The van der Waals surface area contributed by atoms with Crippen LogP contribution in [0.3, 0.4) is 0 Å². The maximum absolute atomic E-state index is 12.6. The van der Waals surface area contributed by atoms with Gasteiger partial charge in [0, 0.05) is 32.3 Å². The van der Waals surface area contributed by atoms with Crippen molar-refractivity contribution >= 4 is 22.9 Å². The van der Waals surface area contributed by atoms with Gasteiger partial charge in [0.15, 0.2) is 11.6 Å². The van der Waals surface area contributed by atoms with E-state index in [0.717, 1.165) is 51.2 Å². The van der Waals surface area contributed by atoms with Gasteiger partial charge in [-0.3, -0.25) is 14.7 Å². The van der Waals surface area contributed by atoms with E-state index in [4.69, 9.17) is 16.0 Å². The second kappa shape index (κ2) is 7.59. The molecule has 1 aliphatic rings. The van der Waals surface area contributed by atoms with Crippen LogP contribution in [0, 0.1) is 0 Å². The summed E-state index contributed by atoms with van der Waals surface area (Å²) in [5, 5.41) is 0. The minimum atomic E-state index is -0.103. The molecule has 5 heterocycles. The number of hydrogen-bond donors (Lipinski definition) is 1. The molecule has 0 radical (unpaired) electrons. The first-order valence-electron chi connectivity index (χ1n) is 9.24. The number of pyridine rings is 1. The third kappa shape index (κ3) is 3.76. The number of aromatic nitrogens is 3. The molecule has 0 saturated heterocycles. The molecule has 0 aliphatic carbocycles. The zero-order valence-corrected chi connectivity index (χ0v) is 17.0. The van der Waals surface area contributed by atoms with Gasteiger partial charge in [-0.05, 0) is 35.9 Å². The molecule has 1 N–H and O–H groups in total. The summed E-state index contributed by atoms with van der Waals surface area (Å²) in [7, 11) is 0. The highest BCUT2D eigenvalue weighted by atomic mass is 35.5. The second-order valence-corrected chi connectivity index (χ2v) is 8.65. The van der Waals surface area contributed by atoms with Crippen LogP contribution in [0.4, 0.5) is 0 Å². The van der Waals surface area contributed by atoms with Crippen molar-refractivity contribution in [3.05, 3.63) is 80.4 Å². The lowest BCUT2D eigenvalue weighted by molar-refractivity contribution is 0.241. The summed E-state index contributed by atoms with van der Waals surface area (Å²) in [4.78, 5) is 27.9. The number of rotatable bonds is 4. The summed E-state index contributed by atoms with van der Waals surface area (Å²) in [5.74, 6) is 1.06. The highest BCUT2D eigenvalue weighted by Crippen LogP contribution is 2.29. The maximum atomic E-state index is 12.6. The van der Waals surface area contributed by atoms with Crippen molar-refractivity contribution in [2.45, 2.75) is 19.5 Å². The Morgan fingerprint density at radius 2 is 2.17 bits per heavy atom. The molecule has 8 heteroatoms. The molecule has 4 aromatic rings. The van der Waals surface area contributed by atoms with E-state index in [2.05, 4.69) is 25.9 Å². The number of furan rings is 1. The van der Waals surface area contributed by atoms with Crippen LogP contribution in [0.25, 0.3) is 22.2 Å². The van der Waals surface area contributed by atoms with Gasteiger partial charge in [0.1, 0.15) is 0 Å². The molecule has 0 amide bonds. The van der Waals surface area contributed by atoms with E-state index >= 15 is 0 Å². The third-order valence-corrected chi connectivity index (χ3v) is 6.21. The number of hydrogen-bond acceptors (Lipinski definition) is 6. The van der Waals surface area contributed by atoms with Crippen LogP contribution in [0.2, 0.25) is 4.34 Å². The van der Waals surface area contributed by atoms with Crippen molar-refractivity contribution in [1.82, 2.24) is 19.9 Å². The largest absolute Gasteiger partial charge is 0.461 e. The van der Waals surface area contributed by atoms with Gasteiger partial charge in [-0.1, -0.05) is 17.7 Å². The molecule has 0 bridgehead atoms. The Morgan fingerprint density at radius 1 is 1.24 bits per heavy atom. The number of H-pyrrole nitrogens is 1. The summed E-state index contributed by atoms with van der Waals surface area (Å²) >= 11 is 7.53. The number of thiophene rings is 1. The van der Waals surface area contributed by atoms with Crippen LogP contribution < -0.4 is 5.56 Å². The maximum Gasteiger partial charge on any atom is 0.256 e. The first kappa shape index (κ1) is 18.3. The zero-order valence-electron chi connectivity index (χ0n) is 15.4. The van der Waals surface area contributed by atoms with E-state index < -0.39 is 0 Å². The quantitative estimate of drug-likeness (QED) is 0.526. The number of fused-ring (bicyclic) bond motifs is 1. The average Bonchev–Trinajstić information content (AvgIpc) is 3.41. The van der Waals surface area contributed by atoms with Gasteiger partial charge in [-0.25, -0.2) is 4.98 Å². The zero-order chi connectivity index (χ0) is 19.8. The first-order valence-corrected chi connectivity index (χ1v) is 10.4. The summed E-state index contributed by atoms with van der Waals surface area (Å²) < 4.78 is 6.11. The van der Waals surface area contributed by atoms with Crippen molar-refractivity contribution in [2.75, 3.05) is 6.54 Å². The molecular weight excluding hydrogens is 408 g/mol. The normalized spacial score (nSPS) is 14.1. The van der Waals surface area contributed by atoms with E-state index in [0.29, 0.717) is 18.1 Å². The minimum absolute atomic E-state index is 0.103. The van der Waals surface area contributed by atoms with E-state index in [-0.39, 0.29) is 5.56 Å². The number of nitrogens with one attached hydrogen (secondary N) is 1. The Morgan fingerprint density at radius 3 is 2.90 bits per heavy atom. The Hall–Kier alpha value is -2.74. The highest BCUT2D eigenvalue weighted by molar-refractivity contribution is 7.19. The van der Waals surface area contributed by atoms with Crippen LogP contribution in [0.5, 0.6) is 0 Å². The Bertz CT molecular complexity index is 1200. The van der Waals surface area contributed by atoms with Gasteiger partial charge in [0.05, 0.1) is 32.4 Å². The molecule has 146 valence electrons. The van der Waals surface area contributed by atoms with Gasteiger partial charge >= 0.3 is 0 Å². The van der Waals surface area contributed by atoms with Gasteiger partial charge in [0.2, 0.25) is 0 Å². The Kier molecular flexibility index (Phi) is 4.79. The van der Waals surface area contributed by atoms with E-state index in [1.807, 2.05) is 24.4 Å². The molecule has 0 unspecified atom stereocenters. The molecule has 0 fully saturated rings. The molecule has 0 atom stereocenters. The lowest BCUT2D eigenvalue weighted by Crippen LogP contribution is -2.35. The van der Waals surface area contributed by atoms with Crippen LogP contribution >= 0.6 is 22.9 Å². The number of nitrogens with zero attached hydrogens (tertiary/aromatic N) is 3. The predicted octanol–water partition coefficient (Wildman–Crippen LogP) is 4.37. The van der Waals surface area contributed by atoms with Gasteiger partial charge < -0.3 is 9.40 Å². The van der Waals surface area contributed by atoms with E-state index in [1.54, 1.807) is 18.4 Å². The standard InChI is InChI=1S/C21H17ClN4O2S/c22-19-6-5-18(29-19)16-4-3-13(10-23-16)11-26-8-7-15-14(12-26)21(27)25-20(24-15)17-2-1-9-28-17/h1-6,9-10H,7-8,11-12H2,(H,24,25,27). The van der Waals surface area contributed by atoms with Crippen molar-refractivity contribution in [2.24, 2.45) is 0 Å². The third-order valence-electron chi connectivity index (χ3n) is 4.96. The van der Waals surface area contributed by atoms with E-state index in [1.165, 1.54) is 11.3 Å². The smallest absolute Gasteiger partial charge is 0.256 e. The molecule has 1 aliphatic heterocycles. The highest BCUT2D eigenvalue weighted by Gasteiger charge is 2.22. The summed E-state index contributed by atoms with van der Waals surface area (Å²) in [6.07, 6.45) is 4.19. The summed E-state index contributed by atoms with van der Waals surface area (Å²) in [6.45, 7) is 2.14. The van der Waals surface area contributed by atoms with Crippen LogP contribution in [-0.2, 0) is 19.5 Å².